The maximum atomic E-state index is 2.27. The van der Waals surface area contributed by atoms with Crippen LogP contribution in [0.3, 0.4) is 0 Å². The maximum absolute atomic E-state index is 2.27. The van der Waals surface area contributed by atoms with E-state index in [-0.39, 0.29) is 0 Å². The molecular weight excluding hydrogens is 180 g/mol. The van der Waals surface area contributed by atoms with Crippen LogP contribution >= 0.6 is 0 Å². The first-order chi connectivity index (χ1) is 7.00. The van der Waals surface area contributed by atoms with Gasteiger partial charge in [-0.25, -0.2) is 0 Å². The zero-order valence-corrected chi connectivity index (χ0v) is 10.9. The van der Waals surface area contributed by atoms with Crippen molar-refractivity contribution in [3.63, 3.8) is 0 Å². The molecule has 0 saturated carbocycles. The minimum atomic E-state index is 1.10. The van der Waals surface area contributed by atoms with Crippen LogP contribution in [0.15, 0.2) is 6.08 Å². The van der Waals surface area contributed by atoms with E-state index < -0.39 is 0 Å². The zero-order chi connectivity index (χ0) is 11.6. The van der Waals surface area contributed by atoms with E-state index in [9.17, 15) is 0 Å². The van der Waals surface area contributed by atoms with E-state index in [0.29, 0.717) is 0 Å². The minimum Gasteiger partial charge on any atom is -0.0842 e. The molecule has 1 aromatic rings. The van der Waals surface area contributed by atoms with Crippen molar-refractivity contribution in [1.29, 1.82) is 0 Å². The number of allylic oxidation sites excluding steroid dienone is 1. The molecule has 1 aromatic carbocycles. The molecule has 0 unspecified atom stereocenters. The summed E-state index contributed by atoms with van der Waals surface area (Å²) in [7, 11) is 0. The summed E-state index contributed by atoms with van der Waals surface area (Å²) < 4.78 is 0. The van der Waals surface area contributed by atoms with E-state index >= 15 is 0 Å². The molecule has 0 aromatic heterocycles. The second-order valence-electron chi connectivity index (χ2n) is 4.35. The predicted molar refractivity (Wildman–Crippen MR) is 69.5 cm³/mol. The molecule has 0 heteroatoms. The van der Waals surface area contributed by atoms with Crippen molar-refractivity contribution in [3.05, 3.63) is 39.5 Å². The Bertz CT molecular complexity index is 366. The Labute approximate surface area is 94.0 Å². The van der Waals surface area contributed by atoms with E-state index in [1.165, 1.54) is 33.4 Å². The molecule has 0 amide bonds. The molecule has 0 spiro atoms. The molecule has 0 fully saturated rings. The quantitative estimate of drug-likeness (QED) is 0.654. The minimum absolute atomic E-state index is 1.10. The summed E-state index contributed by atoms with van der Waals surface area (Å²) >= 11 is 0. The zero-order valence-electron chi connectivity index (χ0n) is 10.9. The van der Waals surface area contributed by atoms with Gasteiger partial charge in [-0.3, -0.25) is 0 Å². The molecule has 0 atom stereocenters. The van der Waals surface area contributed by atoms with Gasteiger partial charge in [0.25, 0.3) is 0 Å². The molecule has 0 aliphatic heterocycles. The smallest absolute Gasteiger partial charge is 0.0196 e. The maximum Gasteiger partial charge on any atom is -0.0196 e. The number of hydrogen-bond acceptors (Lipinski definition) is 0. The summed E-state index contributed by atoms with van der Waals surface area (Å²) in [5.74, 6) is 0. The Balaban J connectivity index is 3.45. The lowest BCUT2D eigenvalue weighted by Gasteiger charge is -2.16. The lowest BCUT2D eigenvalue weighted by atomic mass is 9.89. The third-order valence-corrected chi connectivity index (χ3v) is 3.58. The number of rotatable bonds is 2. The molecule has 0 saturated heterocycles. The van der Waals surface area contributed by atoms with Crippen molar-refractivity contribution < 1.29 is 0 Å². The highest BCUT2D eigenvalue weighted by Gasteiger charge is 2.09. The van der Waals surface area contributed by atoms with Crippen molar-refractivity contribution in [3.8, 4) is 0 Å². The molecule has 82 valence electrons. The highest BCUT2D eigenvalue weighted by atomic mass is 14.1. The summed E-state index contributed by atoms with van der Waals surface area (Å²) in [6.45, 7) is 13.3. The largest absolute Gasteiger partial charge is 0.0842 e. The molecule has 1 rings (SSSR count). The van der Waals surface area contributed by atoms with Crippen molar-refractivity contribution in [2.45, 2.75) is 48.0 Å². The second kappa shape index (κ2) is 4.65. The second-order valence-corrected chi connectivity index (χ2v) is 4.35. The molecule has 0 aliphatic rings. The van der Waals surface area contributed by atoms with Gasteiger partial charge in [0.15, 0.2) is 0 Å². The summed E-state index contributed by atoms with van der Waals surface area (Å²) in [4.78, 5) is 0. The third-order valence-electron chi connectivity index (χ3n) is 3.58. The van der Waals surface area contributed by atoms with Crippen molar-refractivity contribution in [1.82, 2.24) is 0 Å². The first kappa shape index (κ1) is 12.0. The van der Waals surface area contributed by atoms with Crippen LogP contribution in [0.2, 0.25) is 0 Å². The highest BCUT2D eigenvalue weighted by Crippen LogP contribution is 2.26. The Morgan fingerprint density at radius 3 is 1.53 bits per heavy atom. The lowest BCUT2D eigenvalue weighted by molar-refractivity contribution is 1.16. The van der Waals surface area contributed by atoms with E-state index in [0.717, 1.165) is 6.42 Å². The number of hydrogen-bond donors (Lipinski definition) is 0. The van der Waals surface area contributed by atoms with Crippen molar-refractivity contribution in [2.24, 2.45) is 0 Å². The van der Waals surface area contributed by atoms with Gasteiger partial charge in [-0.1, -0.05) is 19.1 Å². The molecule has 0 nitrogen and oxygen atoms in total. The SMILES string of the molecule is CC/C=C/c1c(C)c(C)c(C)c(C)c1C. The van der Waals surface area contributed by atoms with Crippen molar-refractivity contribution in [2.75, 3.05) is 0 Å². The average molecular weight is 202 g/mol. The van der Waals surface area contributed by atoms with Gasteiger partial charge in [0, 0.05) is 0 Å². The normalized spacial score (nSPS) is 11.3. The molecule has 15 heavy (non-hydrogen) atoms. The highest BCUT2D eigenvalue weighted by molar-refractivity contribution is 5.63. The molecule has 0 N–H and O–H groups in total. The van der Waals surface area contributed by atoms with Gasteiger partial charge in [-0.05, 0) is 74.4 Å². The van der Waals surface area contributed by atoms with Crippen LogP contribution in [-0.4, -0.2) is 0 Å². The van der Waals surface area contributed by atoms with E-state index in [1.54, 1.807) is 0 Å². The van der Waals surface area contributed by atoms with Crippen LogP contribution < -0.4 is 0 Å². The summed E-state index contributed by atoms with van der Waals surface area (Å²) in [6, 6.07) is 0. The van der Waals surface area contributed by atoms with Gasteiger partial charge < -0.3 is 0 Å². The van der Waals surface area contributed by atoms with Gasteiger partial charge in [0.05, 0.1) is 0 Å². The Morgan fingerprint density at radius 1 is 0.733 bits per heavy atom. The van der Waals surface area contributed by atoms with Gasteiger partial charge in [0.2, 0.25) is 0 Å². The van der Waals surface area contributed by atoms with Gasteiger partial charge in [-0.2, -0.15) is 0 Å². The molecule has 0 heterocycles. The molecule has 0 radical (unpaired) electrons. The topological polar surface area (TPSA) is 0 Å². The fourth-order valence-corrected chi connectivity index (χ4v) is 2.01. The first-order valence-electron chi connectivity index (χ1n) is 5.74. The van der Waals surface area contributed by atoms with Crippen LogP contribution in [-0.2, 0) is 0 Å². The van der Waals surface area contributed by atoms with Gasteiger partial charge in [0.1, 0.15) is 0 Å². The van der Waals surface area contributed by atoms with Crippen LogP contribution in [0, 0.1) is 34.6 Å². The van der Waals surface area contributed by atoms with Crippen LogP contribution in [0.5, 0.6) is 0 Å². The average Bonchev–Trinajstić information content (AvgIpc) is 2.24. The van der Waals surface area contributed by atoms with Crippen molar-refractivity contribution >= 4 is 6.08 Å². The monoisotopic (exact) mass is 202 g/mol. The van der Waals surface area contributed by atoms with E-state index in [1.807, 2.05) is 0 Å². The Kier molecular flexibility index (Phi) is 3.73. The van der Waals surface area contributed by atoms with E-state index in [2.05, 4.69) is 53.7 Å². The third kappa shape index (κ3) is 2.14. The predicted octanol–water partition coefficient (Wildman–Crippen LogP) is 4.65. The summed E-state index contributed by atoms with van der Waals surface area (Å²) in [6.07, 6.45) is 5.61. The summed E-state index contributed by atoms with van der Waals surface area (Å²) in [5, 5.41) is 0. The molecule has 0 aliphatic carbocycles. The lowest BCUT2D eigenvalue weighted by Crippen LogP contribution is -1.98. The summed E-state index contributed by atoms with van der Waals surface area (Å²) in [5.41, 5.74) is 8.60. The fraction of sp³-hybridized carbons (Fsp3) is 0.467. The van der Waals surface area contributed by atoms with Crippen LogP contribution in [0.1, 0.15) is 46.7 Å². The standard InChI is InChI=1S/C15H22/c1-7-8-9-15-13(5)11(3)10(2)12(4)14(15)6/h8-9H,7H2,1-6H3/b9-8+. The molecular formula is C15H22. The Morgan fingerprint density at radius 2 is 1.13 bits per heavy atom. The fourth-order valence-electron chi connectivity index (χ4n) is 2.01. The number of benzene rings is 1. The first-order valence-corrected chi connectivity index (χ1v) is 5.74. The van der Waals surface area contributed by atoms with Crippen LogP contribution in [0.4, 0.5) is 0 Å². The van der Waals surface area contributed by atoms with Gasteiger partial charge >= 0.3 is 0 Å². The van der Waals surface area contributed by atoms with Crippen LogP contribution in [0.25, 0.3) is 6.08 Å². The van der Waals surface area contributed by atoms with Gasteiger partial charge in [-0.15, -0.1) is 0 Å². The molecule has 0 bridgehead atoms. The van der Waals surface area contributed by atoms with E-state index in [4.69, 9.17) is 0 Å². The Hall–Kier alpha value is -1.04.